The van der Waals surface area contributed by atoms with Crippen LogP contribution in [0.15, 0.2) is 54.6 Å². The van der Waals surface area contributed by atoms with Gasteiger partial charge in [0.1, 0.15) is 0 Å². The van der Waals surface area contributed by atoms with Gasteiger partial charge in [-0.1, -0.05) is 68.4 Å². The van der Waals surface area contributed by atoms with Crippen LogP contribution in [0, 0.1) is 18.8 Å². The smallest absolute Gasteiger partial charge is 0.227 e. The third-order valence-corrected chi connectivity index (χ3v) is 5.82. The minimum Gasteiger partial charge on any atom is -0.356 e. The topological polar surface area (TPSA) is 49.4 Å². The average molecular weight is 393 g/mol. The van der Waals surface area contributed by atoms with E-state index in [1.807, 2.05) is 47.4 Å². The van der Waals surface area contributed by atoms with Gasteiger partial charge < -0.3 is 10.2 Å². The highest BCUT2D eigenvalue weighted by atomic mass is 16.2. The third kappa shape index (κ3) is 5.47. The first kappa shape index (κ1) is 21.1. The number of carbonyl (C=O) groups excluding carboxylic acids is 2. The van der Waals surface area contributed by atoms with Crippen LogP contribution in [0.4, 0.5) is 0 Å². The summed E-state index contributed by atoms with van der Waals surface area (Å²) in [5.74, 6) is 0.536. The number of likely N-dealkylation sites (tertiary alicyclic amines) is 1. The lowest BCUT2D eigenvalue weighted by molar-refractivity contribution is -0.130. The number of hydrogen-bond acceptors (Lipinski definition) is 2. The van der Waals surface area contributed by atoms with Crippen LogP contribution in [0.1, 0.15) is 42.9 Å². The molecule has 1 aliphatic heterocycles. The first-order valence-corrected chi connectivity index (χ1v) is 10.6. The van der Waals surface area contributed by atoms with Gasteiger partial charge in [-0.15, -0.1) is 0 Å². The Balaban J connectivity index is 1.75. The number of nitrogens with zero attached hydrogens (tertiary/aromatic N) is 1. The Labute approximate surface area is 174 Å². The molecule has 29 heavy (non-hydrogen) atoms. The van der Waals surface area contributed by atoms with Gasteiger partial charge in [0.2, 0.25) is 11.8 Å². The molecular formula is C25H32N2O2. The summed E-state index contributed by atoms with van der Waals surface area (Å²) in [6.07, 6.45) is 1.34. The van der Waals surface area contributed by atoms with Crippen molar-refractivity contribution in [2.24, 2.45) is 11.8 Å². The Kier molecular flexibility index (Phi) is 7.08. The molecule has 0 bridgehead atoms. The molecular weight excluding hydrogens is 360 g/mol. The number of hydrogen-bond donors (Lipinski definition) is 1. The number of aryl methyl sites for hydroxylation is 1. The van der Waals surface area contributed by atoms with Crippen LogP contribution in [0.25, 0.3) is 0 Å². The molecule has 4 nitrogen and oxygen atoms in total. The predicted molar refractivity (Wildman–Crippen MR) is 117 cm³/mol. The van der Waals surface area contributed by atoms with Crippen molar-refractivity contribution in [2.75, 3.05) is 19.6 Å². The summed E-state index contributed by atoms with van der Waals surface area (Å²) in [6, 6.07) is 18.0. The molecule has 2 aromatic rings. The summed E-state index contributed by atoms with van der Waals surface area (Å²) in [5.41, 5.74) is 3.36. The van der Waals surface area contributed by atoms with Crippen molar-refractivity contribution >= 4 is 11.8 Å². The largest absolute Gasteiger partial charge is 0.356 e. The van der Waals surface area contributed by atoms with Gasteiger partial charge in [-0.05, 0) is 36.0 Å². The van der Waals surface area contributed by atoms with E-state index in [2.05, 4.69) is 38.2 Å². The van der Waals surface area contributed by atoms with Gasteiger partial charge >= 0.3 is 0 Å². The first-order chi connectivity index (χ1) is 14.0. The second-order valence-electron chi connectivity index (χ2n) is 8.50. The fourth-order valence-corrected chi connectivity index (χ4v) is 4.09. The zero-order valence-electron chi connectivity index (χ0n) is 17.7. The maximum Gasteiger partial charge on any atom is 0.227 e. The van der Waals surface area contributed by atoms with Crippen LogP contribution in [0.5, 0.6) is 0 Å². The quantitative estimate of drug-likeness (QED) is 0.776. The van der Waals surface area contributed by atoms with Gasteiger partial charge in [0.25, 0.3) is 0 Å². The van der Waals surface area contributed by atoms with Gasteiger partial charge in [-0.2, -0.15) is 0 Å². The van der Waals surface area contributed by atoms with E-state index < -0.39 is 0 Å². The maximum absolute atomic E-state index is 13.0. The molecule has 1 heterocycles. The molecule has 2 unspecified atom stereocenters. The molecule has 1 saturated heterocycles. The van der Waals surface area contributed by atoms with Crippen molar-refractivity contribution in [3.63, 3.8) is 0 Å². The standard InChI is InChI=1S/C25H32N2O2/c1-18(2)13-14-26-25(29)23-17-27(24(28)15-20-10-5-4-6-11-20)16-22(23)21-12-8-7-9-19(21)3/h4-12,18,22-23H,13-17H2,1-3H3,(H,26,29). The molecule has 2 atom stereocenters. The van der Waals surface area contributed by atoms with E-state index in [9.17, 15) is 9.59 Å². The second kappa shape index (κ2) is 9.73. The van der Waals surface area contributed by atoms with Crippen LogP contribution in [0.3, 0.4) is 0 Å². The van der Waals surface area contributed by atoms with Gasteiger partial charge in [-0.25, -0.2) is 0 Å². The zero-order valence-corrected chi connectivity index (χ0v) is 17.7. The van der Waals surface area contributed by atoms with E-state index in [0.717, 1.165) is 12.0 Å². The van der Waals surface area contributed by atoms with Crippen LogP contribution in [-0.2, 0) is 16.0 Å². The van der Waals surface area contributed by atoms with Crippen molar-refractivity contribution in [1.29, 1.82) is 0 Å². The Hall–Kier alpha value is -2.62. The Morgan fingerprint density at radius 1 is 1.03 bits per heavy atom. The van der Waals surface area contributed by atoms with Crippen molar-refractivity contribution in [3.8, 4) is 0 Å². The van der Waals surface area contributed by atoms with Gasteiger partial charge in [0.05, 0.1) is 12.3 Å². The summed E-state index contributed by atoms with van der Waals surface area (Å²) in [7, 11) is 0. The van der Waals surface area contributed by atoms with E-state index in [4.69, 9.17) is 0 Å². The monoisotopic (exact) mass is 392 g/mol. The van der Waals surface area contributed by atoms with Crippen LogP contribution in [-0.4, -0.2) is 36.3 Å². The van der Waals surface area contributed by atoms with Crippen molar-refractivity contribution in [3.05, 3.63) is 71.3 Å². The molecule has 4 heteroatoms. The molecule has 2 amide bonds. The predicted octanol–water partition coefficient (Wildman–Crippen LogP) is 3.94. The average Bonchev–Trinajstić information content (AvgIpc) is 3.14. The highest BCUT2D eigenvalue weighted by molar-refractivity contribution is 5.84. The Morgan fingerprint density at radius 3 is 2.41 bits per heavy atom. The summed E-state index contributed by atoms with van der Waals surface area (Å²) < 4.78 is 0. The Bertz CT molecular complexity index is 832. The summed E-state index contributed by atoms with van der Waals surface area (Å²) in [5, 5.41) is 3.11. The van der Waals surface area contributed by atoms with Crippen molar-refractivity contribution < 1.29 is 9.59 Å². The van der Waals surface area contributed by atoms with Crippen molar-refractivity contribution in [1.82, 2.24) is 10.2 Å². The normalized spacial score (nSPS) is 18.8. The van der Waals surface area contributed by atoms with Crippen molar-refractivity contribution in [2.45, 2.75) is 39.5 Å². The molecule has 2 aromatic carbocycles. The van der Waals surface area contributed by atoms with Crippen LogP contribution in [0.2, 0.25) is 0 Å². The molecule has 0 aromatic heterocycles. The van der Waals surface area contributed by atoms with Crippen LogP contribution >= 0.6 is 0 Å². The van der Waals surface area contributed by atoms with Gasteiger partial charge in [0, 0.05) is 25.6 Å². The molecule has 0 saturated carbocycles. The molecule has 1 fully saturated rings. The van der Waals surface area contributed by atoms with Crippen LogP contribution < -0.4 is 5.32 Å². The van der Waals surface area contributed by atoms with E-state index >= 15 is 0 Å². The number of benzene rings is 2. The lowest BCUT2D eigenvalue weighted by atomic mass is 9.86. The van der Waals surface area contributed by atoms with Gasteiger partial charge in [0.15, 0.2) is 0 Å². The lowest BCUT2D eigenvalue weighted by Gasteiger charge is -2.20. The fourth-order valence-electron chi connectivity index (χ4n) is 4.09. The number of nitrogens with one attached hydrogen (secondary N) is 1. The van der Waals surface area contributed by atoms with Gasteiger partial charge in [-0.3, -0.25) is 9.59 Å². The van der Waals surface area contributed by atoms with E-state index in [-0.39, 0.29) is 23.7 Å². The second-order valence-corrected chi connectivity index (χ2v) is 8.50. The summed E-state index contributed by atoms with van der Waals surface area (Å²) in [6.45, 7) is 8.16. The first-order valence-electron chi connectivity index (χ1n) is 10.6. The number of carbonyl (C=O) groups is 2. The summed E-state index contributed by atoms with van der Waals surface area (Å²) in [4.78, 5) is 27.8. The Morgan fingerprint density at radius 2 is 1.72 bits per heavy atom. The third-order valence-electron chi connectivity index (χ3n) is 5.82. The molecule has 1 N–H and O–H groups in total. The minimum absolute atomic E-state index is 0.0370. The fraction of sp³-hybridized carbons (Fsp3) is 0.440. The van der Waals surface area contributed by atoms with E-state index in [0.29, 0.717) is 32.0 Å². The highest BCUT2D eigenvalue weighted by Gasteiger charge is 2.40. The molecule has 1 aliphatic rings. The molecule has 0 spiro atoms. The molecule has 154 valence electrons. The number of amides is 2. The molecule has 3 rings (SSSR count). The molecule has 0 aliphatic carbocycles. The summed E-state index contributed by atoms with van der Waals surface area (Å²) >= 11 is 0. The molecule has 0 radical (unpaired) electrons. The number of rotatable bonds is 7. The van der Waals surface area contributed by atoms with E-state index in [1.165, 1.54) is 11.1 Å². The lowest BCUT2D eigenvalue weighted by Crippen LogP contribution is -2.36. The highest BCUT2D eigenvalue weighted by Crippen LogP contribution is 2.35. The minimum atomic E-state index is -0.206. The maximum atomic E-state index is 13.0. The SMILES string of the molecule is Cc1ccccc1C1CN(C(=O)Cc2ccccc2)CC1C(=O)NCCC(C)C. The van der Waals surface area contributed by atoms with E-state index in [1.54, 1.807) is 0 Å². The zero-order chi connectivity index (χ0) is 20.8.